The molecular formula is C7H12N2O. The van der Waals surface area contributed by atoms with E-state index in [4.69, 9.17) is 5.26 Å². The Balaban J connectivity index is 4.01. The van der Waals surface area contributed by atoms with Crippen LogP contribution in [-0.2, 0) is 4.79 Å². The van der Waals surface area contributed by atoms with Gasteiger partial charge in [-0.15, -0.1) is 0 Å². The van der Waals surface area contributed by atoms with Crippen molar-refractivity contribution in [3.63, 3.8) is 0 Å². The summed E-state index contributed by atoms with van der Waals surface area (Å²) in [6.07, 6.45) is 0. The van der Waals surface area contributed by atoms with Crippen LogP contribution in [0.25, 0.3) is 0 Å². The van der Waals surface area contributed by atoms with E-state index in [9.17, 15) is 4.79 Å². The third-order valence-corrected chi connectivity index (χ3v) is 1.27. The molecule has 1 amide bonds. The molecule has 0 saturated heterocycles. The molecule has 0 aromatic heterocycles. The molecule has 3 nitrogen and oxygen atoms in total. The van der Waals surface area contributed by atoms with E-state index >= 15 is 0 Å². The zero-order chi connectivity index (χ0) is 8.15. The van der Waals surface area contributed by atoms with Gasteiger partial charge in [-0.2, -0.15) is 5.26 Å². The Labute approximate surface area is 61.2 Å². The molecule has 0 bridgehead atoms. The third kappa shape index (κ3) is 2.49. The van der Waals surface area contributed by atoms with Crippen molar-refractivity contribution in [2.24, 2.45) is 0 Å². The molecule has 0 atom stereocenters. The van der Waals surface area contributed by atoms with Crippen LogP contribution in [0.2, 0.25) is 0 Å². The Bertz CT molecular complexity index is 157. The predicted molar refractivity (Wildman–Crippen MR) is 38.1 cm³/mol. The molecule has 0 N–H and O–H groups in total. The molecule has 0 radical (unpaired) electrons. The van der Waals surface area contributed by atoms with E-state index in [0.29, 0.717) is 0 Å². The fourth-order valence-electron chi connectivity index (χ4n) is 0.734. The molecule has 0 aromatic rings. The SMILES string of the molecule is CC(=O)N(CC#N)C(C)C. The first-order chi connectivity index (χ1) is 4.59. The van der Waals surface area contributed by atoms with Crippen molar-refractivity contribution in [3.05, 3.63) is 0 Å². The van der Waals surface area contributed by atoms with E-state index < -0.39 is 0 Å². The minimum atomic E-state index is -0.0449. The maximum atomic E-state index is 10.8. The normalized spacial score (nSPS) is 9.10. The second kappa shape index (κ2) is 3.89. The Morgan fingerprint density at radius 3 is 2.30 bits per heavy atom. The van der Waals surface area contributed by atoms with E-state index in [1.165, 1.54) is 11.8 Å². The number of hydrogen-bond acceptors (Lipinski definition) is 2. The van der Waals surface area contributed by atoms with Gasteiger partial charge in [0.15, 0.2) is 0 Å². The molecule has 0 aliphatic carbocycles. The number of carbonyl (C=O) groups is 1. The van der Waals surface area contributed by atoms with Gasteiger partial charge in [-0.05, 0) is 13.8 Å². The molecule has 0 fully saturated rings. The summed E-state index contributed by atoms with van der Waals surface area (Å²) in [6, 6.07) is 2.06. The Morgan fingerprint density at radius 2 is 2.20 bits per heavy atom. The molecule has 0 rings (SSSR count). The van der Waals surface area contributed by atoms with Gasteiger partial charge in [0.05, 0.1) is 6.07 Å². The third-order valence-electron chi connectivity index (χ3n) is 1.27. The smallest absolute Gasteiger partial charge is 0.220 e. The number of hydrogen-bond donors (Lipinski definition) is 0. The van der Waals surface area contributed by atoms with Crippen LogP contribution in [0.4, 0.5) is 0 Å². The van der Waals surface area contributed by atoms with E-state index in [2.05, 4.69) is 0 Å². The topological polar surface area (TPSA) is 44.1 Å². The van der Waals surface area contributed by atoms with Gasteiger partial charge < -0.3 is 4.90 Å². The first-order valence-electron chi connectivity index (χ1n) is 3.23. The summed E-state index contributed by atoms with van der Waals surface area (Å²) in [5.74, 6) is -0.0449. The highest BCUT2D eigenvalue weighted by atomic mass is 16.2. The van der Waals surface area contributed by atoms with Crippen molar-refractivity contribution >= 4 is 5.91 Å². The summed E-state index contributed by atoms with van der Waals surface area (Å²) in [5.41, 5.74) is 0. The van der Waals surface area contributed by atoms with Crippen LogP contribution in [0.15, 0.2) is 0 Å². The van der Waals surface area contributed by atoms with Crippen LogP contribution in [0.3, 0.4) is 0 Å². The van der Waals surface area contributed by atoms with Crippen LogP contribution in [0.5, 0.6) is 0 Å². The van der Waals surface area contributed by atoms with E-state index in [1.54, 1.807) is 0 Å². The molecule has 0 heterocycles. The summed E-state index contributed by atoms with van der Waals surface area (Å²) in [4.78, 5) is 12.3. The van der Waals surface area contributed by atoms with Gasteiger partial charge in [0.1, 0.15) is 6.54 Å². The maximum absolute atomic E-state index is 10.8. The lowest BCUT2D eigenvalue weighted by molar-refractivity contribution is -0.129. The highest BCUT2D eigenvalue weighted by Crippen LogP contribution is 1.96. The zero-order valence-electron chi connectivity index (χ0n) is 6.59. The van der Waals surface area contributed by atoms with Crippen molar-refractivity contribution in [1.82, 2.24) is 4.90 Å². The summed E-state index contributed by atoms with van der Waals surface area (Å²) in [7, 11) is 0. The van der Waals surface area contributed by atoms with Crippen molar-refractivity contribution in [2.75, 3.05) is 6.54 Å². The van der Waals surface area contributed by atoms with Gasteiger partial charge in [0.2, 0.25) is 5.91 Å². The molecule has 3 heteroatoms. The maximum Gasteiger partial charge on any atom is 0.220 e. The van der Waals surface area contributed by atoms with Crippen LogP contribution in [-0.4, -0.2) is 23.4 Å². The van der Waals surface area contributed by atoms with Crippen molar-refractivity contribution < 1.29 is 4.79 Å². The Morgan fingerprint density at radius 1 is 1.70 bits per heavy atom. The molecule has 0 unspecified atom stereocenters. The second-order valence-electron chi connectivity index (χ2n) is 2.40. The van der Waals surface area contributed by atoms with E-state index in [0.717, 1.165) is 0 Å². The van der Waals surface area contributed by atoms with Crippen LogP contribution in [0.1, 0.15) is 20.8 Å². The van der Waals surface area contributed by atoms with Crippen molar-refractivity contribution in [3.8, 4) is 6.07 Å². The Hall–Kier alpha value is -1.04. The highest BCUT2D eigenvalue weighted by molar-refractivity contribution is 5.73. The van der Waals surface area contributed by atoms with Gasteiger partial charge in [-0.1, -0.05) is 0 Å². The number of carbonyl (C=O) groups excluding carboxylic acids is 1. The standard InChI is InChI=1S/C7H12N2O/c1-6(2)9(5-4-8)7(3)10/h6H,5H2,1-3H3. The van der Waals surface area contributed by atoms with Gasteiger partial charge in [0, 0.05) is 13.0 Å². The predicted octanol–water partition coefficient (Wildman–Crippen LogP) is 0.767. The van der Waals surface area contributed by atoms with Gasteiger partial charge in [0.25, 0.3) is 0 Å². The largest absolute Gasteiger partial charge is 0.327 e. The molecule has 0 saturated carbocycles. The molecule has 0 aromatic carbocycles. The van der Waals surface area contributed by atoms with Crippen LogP contribution >= 0.6 is 0 Å². The Kier molecular flexibility index (Phi) is 3.48. The lowest BCUT2D eigenvalue weighted by Gasteiger charge is -2.21. The van der Waals surface area contributed by atoms with Crippen molar-refractivity contribution in [1.29, 1.82) is 5.26 Å². The fraction of sp³-hybridized carbons (Fsp3) is 0.714. The second-order valence-corrected chi connectivity index (χ2v) is 2.40. The lowest BCUT2D eigenvalue weighted by atomic mass is 10.3. The molecule has 0 spiro atoms. The van der Waals surface area contributed by atoms with E-state index in [-0.39, 0.29) is 18.5 Å². The monoisotopic (exact) mass is 140 g/mol. The number of nitrogens with zero attached hydrogens (tertiary/aromatic N) is 2. The minimum absolute atomic E-state index is 0.0449. The zero-order valence-corrected chi connectivity index (χ0v) is 6.59. The van der Waals surface area contributed by atoms with E-state index in [1.807, 2.05) is 19.9 Å². The summed E-state index contributed by atoms with van der Waals surface area (Å²) < 4.78 is 0. The first-order valence-corrected chi connectivity index (χ1v) is 3.23. The summed E-state index contributed by atoms with van der Waals surface area (Å²) >= 11 is 0. The summed E-state index contributed by atoms with van der Waals surface area (Å²) in [6.45, 7) is 5.43. The fourth-order valence-corrected chi connectivity index (χ4v) is 0.734. The lowest BCUT2D eigenvalue weighted by Crippen LogP contribution is -2.35. The number of rotatable bonds is 2. The van der Waals surface area contributed by atoms with Crippen LogP contribution in [0, 0.1) is 11.3 Å². The molecule has 0 aliphatic heterocycles. The minimum Gasteiger partial charge on any atom is -0.327 e. The van der Waals surface area contributed by atoms with Crippen LogP contribution < -0.4 is 0 Å². The average Bonchev–Trinajstić information content (AvgIpc) is 1.81. The molecular weight excluding hydrogens is 128 g/mol. The van der Waals surface area contributed by atoms with Gasteiger partial charge in [-0.3, -0.25) is 4.79 Å². The number of amides is 1. The highest BCUT2D eigenvalue weighted by Gasteiger charge is 2.10. The van der Waals surface area contributed by atoms with Crippen molar-refractivity contribution in [2.45, 2.75) is 26.8 Å². The van der Waals surface area contributed by atoms with Gasteiger partial charge >= 0.3 is 0 Å². The number of nitriles is 1. The first kappa shape index (κ1) is 8.96. The average molecular weight is 140 g/mol. The molecule has 56 valence electrons. The van der Waals surface area contributed by atoms with Gasteiger partial charge in [-0.25, -0.2) is 0 Å². The molecule has 0 aliphatic rings. The summed E-state index contributed by atoms with van der Waals surface area (Å²) in [5, 5.41) is 8.29. The quantitative estimate of drug-likeness (QED) is 0.532. The molecule has 10 heavy (non-hydrogen) atoms.